The van der Waals surface area contributed by atoms with Gasteiger partial charge in [0.15, 0.2) is 11.4 Å². The molecule has 0 aromatic heterocycles. The van der Waals surface area contributed by atoms with E-state index >= 15 is 0 Å². The Kier molecular flexibility index (Phi) is 8.86. The van der Waals surface area contributed by atoms with E-state index in [0.717, 1.165) is 5.56 Å². The number of phenolic OH excluding ortho intramolecular Hbond substituents is 1. The van der Waals surface area contributed by atoms with Crippen LogP contribution in [0.25, 0.3) is 0 Å². The maximum absolute atomic E-state index is 14.3. The highest BCUT2D eigenvalue weighted by molar-refractivity contribution is 6.24. The predicted molar refractivity (Wildman–Crippen MR) is 166 cm³/mol. The topological polar surface area (TPSA) is 185 Å². The molecule has 4 atom stereocenters. The van der Waals surface area contributed by atoms with Crippen LogP contribution in [-0.4, -0.2) is 81.6 Å². The van der Waals surface area contributed by atoms with Crippen LogP contribution in [0.1, 0.15) is 75.0 Å². The zero-order valence-electron chi connectivity index (χ0n) is 27.1. The van der Waals surface area contributed by atoms with Gasteiger partial charge in [-0.2, -0.15) is 0 Å². The summed E-state index contributed by atoms with van der Waals surface area (Å²) in [5.41, 5.74) is 3.81. The van der Waals surface area contributed by atoms with Crippen molar-refractivity contribution in [1.29, 1.82) is 0 Å². The first-order valence-electron chi connectivity index (χ1n) is 15.1. The van der Waals surface area contributed by atoms with Crippen molar-refractivity contribution in [2.45, 2.75) is 79.1 Å². The zero-order chi connectivity index (χ0) is 33.1. The number of benzene rings is 1. The van der Waals surface area contributed by atoms with Crippen molar-refractivity contribution in [3.63, 3.8) is 0 Å². The Hall–Kier alpha value is -3.25. The number of carbonyl (C=O) groups is 3. The van der Waals surface area contributed by atoms with E-state index in [1.807, 2.05) is 6.07 Å². The fraction of sp³-hybridized carbons (Fsp3) is 0.606. The molecular weight excluding hydrogens is 564 g/mol. The molecule has 0 radical (unpaired) electrons. The Morgan fingerprint density at radius 3 is 2.05 bits per heavy atom. The Bertz CT molecular complexity index is 1450. The number of nitrogens with one attached hydrogen (secondary N) is 2. The number of aromatic hydroxyl groups is 1. The van der Waals surface area contributed by atoms with Crippen LogP contribution in [0, 0.1) is 22.7 Å². The van der Waals surface area contributed by atoms with Crippen molar-refractivity contribution < 1.29 is 34.8 Å². The van der Waals surface area contributed by atoms with Crippen molar-refractivity contribution >= 4 is 17.5 Å². The smallest absolute Gasteiger partial charge is 0.255 e. The van der Waals surface area contributed by atoms with E-state index in [1.165, 1.54) is 0 Å². The average Bonchev–Trinajstić information content (AvgIpc) is 2.86. The van der Waals surface area contributed by atoms with Gasteiger partial charge in [-0.15, -0.1) is 0 Å². The van der Waals surface area contributed by atoms with Gasteiger partial charge in [-0.1, -0.05) is 41.5 Å². The lowest BCUT2D eigenvalue weighted by Crippen LogP contribution is -2.63. The zero-order valence-corrected chi connectivity index (χ0v) is 27.1. The van der Waals surface area contributed by atoms with Crippen LogP contribution < -0.4 is 16.4 Å². The molecular formula is C33H48N4O7. The van der Waals surface area contributed by atoms with Crippen molar-refractivity contribution in [2.75, 3.05) is 27.2 Å². The molecule has 0 unspecified atom stereocenters. The van der Waals surface area contributed by atoms with E-state index in [1.54, 1.807) is 19.0 Å². The van der Waals surface area contributed by atoms with Gasteiger partial charge in [-0.05, 0) is 60.9 Å². The quantitative estimate of drug-likeness (QED) is 0.215. The number of likely N-dealkylation sites (N-methyl/N-ethyl adjacent to an activating group) is 1. The molecule has 0 saturated heterocycles. The Morgan fingerprint density at radius 2 is 1.55 bits per heavy atom. The highest BCUT2D eigenvalue weighted by Crippen LogP contribution is 2.52. The van der Waals surface area contributed by atoms with Crippen LogP contribution in [0.5, 0.6) is 5.75 Å². The van der Waals surface area contributed by atoms with E-state index in [-0.39, 0.29) is 40.6 Å². The summed E-state index contributed by atoms with van der Waals surface area (Å²) in [6.07, 6.45) is 0.306. The molecule has 0 bridgehead atoms. The second-order valence-electron chi connectivity index (χ2n) is 15.2. The first-order chi connectivity index (χ1) is 20.2. The van der Waals surface area contributed by atoms with Gasteiger partial charge in [-0.3, -0.25) is 19.3 Å². The summed E-state index contributed by atoms with van der Waals surface area (Å²) in [5.74, 6) is -6.51. The molecule has 4 rings (SSSR count). The monoisotopic (exact) mass is 612 g/mol. The van der Waals surface area contributed by atoms with Crippen molar-refractivity contribution in [1.82, 2.24) is 15.5 Å². The van der Waals surface area contributed by atoms with Crippen LogP contribution in [0.2, 0.25) is 0 Å². The van der Waals surface area contributed by atoms with Gasteiger partial charge >= 0.3 is 0 Å². The van der Waals surface area contributed by atoms with Gasteiger partial charge in [0, 0.05) is 43.2 Å². The number of phenols is 1. The van der Waals surface area contributed by atoms with E-state index in [4.69, 9.17) is 5.73 Å². The van der Waals surface area contributed by atoms with Crippen LogP contribution in [0.4, 0.5) is 0 Å². The van der Waals surface area contributed by atoms with Gasteiger partial charge in [0.05, 0.1) is 11.6 Å². The molecule has 1 amide bonds. The van der Waals surface area contributed by atoms with E-state index in [2.05, 4.69) is 52.2 Å². The number of hydrogen-bond acceptors (Lipinski definition) is 10. The number of fused-ring (bicyclic) bond motifs is 3. The van der Waals surface area contributed by atoms with Crippen LogP contribution in [0.15, 0.2) is 28.7 Å². The lowest BCUT2D eigenvalue weighted by molar-refractivity contribution is -0.148. The number of nitrogens with zero attached hydrogens (tertiary/aromatic N) is 1. The summed E-state index contributed by atoms with van der Waals surface area (Å²) in [6.45, 7) is 14.7. The normalized spacial score (nSPS) is 25.7. The molecule has 3 aliphatic carbocycles. The molecule has 0 saturated carbocycles. The number of allylic oxidation sites excluding steroid dienone is 1. The number of hydrogen-bond donors (Lipinski definition) is 7. The van der Waals surface area contributed by atoms with Crippen LogP contribution in [-0.2, 0) is 29.1 Å². The first-order valence-corrected chi connectivity index (χ1v) is 15.1. The van der Waals surface area contributed by atoms with E-state index < -0.39 is 58.0 Å². The molecule has 242 valence electrons. The van der Waals surface area contributed by atoms with Gasteiger partial charge in [0.2, 0.25) is 5.78 Å². The number of amides is 1. The number of aliphatic hydroxyl groups is 3. The summed E-state index contributed by atoms with van der Waals surface area (Å²) < 4.78 is 0. The third kappa shape index (κ3) is 5.90. The van der Waals surface area contributed by atoms with Gasteiger partial charge < -0.3 is 36.8 Å². The summed E-state index contributed by atoms with van der Waals surface area (Å²) in [5, 5.41) is 52.8. The van der Waals surface area contributed by atoms with Gasteiger partial charge in [0.1, 0.15) is 22.8 Å². The Morgan fingerprint density at radius 1 is 1.00 bits per heavy atom. The number of rotatable bonds is 8. The van der Waals surface area contributed by atoms with E-state index in [0.29, 0.717) is 37.3 Å². The standard InChI is InChI=1S/C33H48N4O7/c1-31(2,3)14-35-12-17-9-18(13-36-15-32(4,5)6)25(38)22-19(17)10-16-11-20-24(37(7)8)27(40)23(30(34)43)29(42)33(20,44)28(41)21(16)26(22)39/h9,16,20,24,35-36,38,40-41,44H,10-15H2,1-8H3,(H2,34,43)/t16-,20-,24-,33-/m0/s1. The molecule has 1 aromatic rings. The van der Waals surface area contributed by atoms with Gasteiger partial charge in [-0.25, -0.2) is 0 Å². The third-order valence-corrected chi connectivity index (χ3v) is 8.84. The summed E-state index contributed by atoms with van der Waals surface area (Å²) in [6, 6.07) is 0.874. The second kappa shape index (κ2) is 11.6. The predicted octanol–water partition coefficient (Wildman–Crippen LogP) is 2.39. The molecule has 0 aliphatic heterocycles. The van der Waals surface area contributed by atoms with E-state index in [9.17, 15) is 34.8 Å². The Labute approximate surface area is 259 Å². The number of aliphatic hydroxyl groups excluding tert-OH is 2. The highest BCUT2D eigenvalue weighted by Gasteiger charge is 2.63. The minimum Gasteiger partial charge on any atom is -0.510 e. The number of nitrogens with two attached hydrogens (primary N) is 1. The minimum atomic E-state index is -2.66. The highest BCUT2D eigenvalue weighted by atomic mass is 16.3. The number of ketones is 2. The first kappa shape index (κ1) is 33.6. The maximum Gasteiger partial charge on any atom is 0.255 e. The maximum atomic E-state index is 14.3. The van der Waals surface area contributed by atoms with Crippen molar-refractivity contribution in [3.8, 4) is 5.75 Å². The summed E-state index contributed by atoms with van der Waals surface area (Å²) >= 11 is 0. The fourth-order valence-corrected chi connectivity index (χ4v) is 6.89. The average molecular weight is 613 g/mol. The Balaban J connectivity index is 1.87. The van der Waals surface area contributed by atoms with Crippen LogP contribution in [0.3, 0.4) is 0 Å². The number of carbonyl (C=O) groups excluding carboxylic acids is 3. The fourth-order valence-electron chi connectivity index (χ4n) is 6.89. The molecule has 0 fully saturated rings. The lowest BCUT2D eigenvalue weighted by Gasteiger charge is -2.50. The van der Waals surface area contributed by atoms with Crippen molar-refractivity contribution in [3.05, 3.63) is 51.0 Å². The molecule has 0 heterocycles. The largest absolute Gasteiger partial charge is 0.510 e. The minimum absolute atomic E-state index is 0.00736. The molecule has 0 spiro atoms. The van der Waals surface area contributed by atoms with Crippen LogP contribution >= 0.6 is 0 Å². The molecule has 11 nitrogen and oxygen atoms in total. The third-order valence-electron chi connectivity index (χ3n) is 8.84. The lowest BCUT2D eigenvalue weighted by atomic mass is 9.58. The van der Waals surface area contributed by atoms with Crippen molar-refractivity contribution in [2.24, 2.45) is 28.4 Å². The molecule has 11 heteroatoms. The molecule has 3 aliphatic rings. The molecule has 1 aromatic carbocycles. The molecule has 8 N–H and O–H groups in total. The molecule has 44 heavy (non-hydrogen) atoms. The summed E-state index contributed by atoms with van der Waals surface area (Å²) in [4.78, 5) is 41.6. The second-order valence-corrected chi connectivity index (χ2v) is 15.2. The number of Topliss-reactive ketones (excluding diaryl/α,β-unsaturated/α-hetero) is 2. The SMILES string of the molecule is CN(C)[C@@H]1C(O)=C(C(N)=O)C(=O)[C@@]2(O)C(O)=C3C(=O)c4c(O)c(CNCC(C)(C)C)cc(CNCC(C)(C)C)c4C[C@H]3C[C@@H]12. The summed E-state index contributed by atoms with van der Waals surface area (Å²) in [7, 11) is 3.22. The number of primary amides is 1. The van der Waals surface area contributed by atoms with Gasteiger partial charge in [0.25, 0.3) is 5.91 Å².